The Morgan fingerprint density at radius 3 is 2.30 bits per heavy atom. The first-order chi connectivity index (χ1) is 15.0. The van der Waals surface area contributed by atoms with Crippen LogP contribution >= 0.6 is 10.2 Å². The molecule has 0 radical (unpaired) electrons. The summed E-state index contributed by atoms with van der Waals surface area (Å²) in [7, 11) is -8.61. The molecule has 180 valence electrons. The summed E-state index contributed by atoms with van der Waals surface area (Å²) in [5.74, 6) is -1.05. The third-order valence-corrected chi connectivity index (χ3v) is 5.94. The van der Waals surface area contributed by atoms with Crippen molar-refractivity contribution in [1.29, 1.82) is 0 Å². The van der Waals surface area contributed by atoms with E-state index in [9.17, 15) is 29.0 Å². The van der Waals surface area contributed by atoms with Gasteiger partial charge in [-0.1, -0.05) is 19.4 Å². The molecular formula is C20H21F5N4O3S. The topological polar surface area (TPSA) is 112 Å². The van der Waals surface area contributed by atoms with E-state index < -0.39 is 44.6 Å². The van der Waals surface area contributed by atoms with Crippen molar-refractivity contribution in [1.82, 2.24) is 9.88 Å². The molecule has 0 aliphatic heterocycles. The molecule has 5 N–H and O–H groups in total. The molecule has 2 aromatic carbocycles. The van der Waals surface area contributed by atoms with Gasteiger partial charge in [0.1, 0.15) is 16.5 Å². The Balaban J connectivity index is 2.04. The number of carbonyl (C=O) groups excluding carboxylic acids is 2. The number of benzene rings is 2. The van der Waals surface area contributed by atoms with Crippen molar-refractivity contribution >= 4 is 44.2 Å². The Bertz CT molecular complexity index is 1290. The third kappa shape index (κ3) is 4.97. The van der Waals surface area contributed by atoms with E-state index in [1.54, 1.807) is 6.92 Å². The molecule has 0 bridgehead atoms. The van der Waals surface area contributed by atoms with Gasteiger partial charge in [-0.25, -0.2) is 0 Å². The molecule has 0 saturated carbocycles. The van der Waals surface area contributed by atoms with Gasteiger partial charge >= 0.3 is 10.2 Å². The van der Waals surface area contributed by atoms with Crippen LogP contribution in [0.4, 0.5) is 30.9 Å². The predicted molar refractivity (Wildman–Crippen MR) is 117 cm³/mol. The molecule has 13 heteroatoms. The number of ether oxygens (including phenoxy) is 1. The monoisotopic (exact) mass is 492 g/mol. The molecule has 0 aliphatic carbocycles. The molecule has 0 spiro atoms. The number of aromatic nitrogens is 1. The lowest BCUT2D eigenvalue weighted by atomic mass is 10.1. The van der Waals surface area contributed by atoms with E-state index in [0.717, 1.165) is 6.07 Å². The van der Waals surface area contributed by atoms with Crippen molar-refractivity contribution in [3.63, 3.8) is 0 Å². The smallest absolute Gasteiger partial charge is 0.310 e. The zero-order valence-corrected chi connectivity index (χ0v) is 18.3. The van der Waals surface area contributed by atoms with Crippen molar-refractivity contribution in [3.05, 3.63) is 47.7 Å². The summed E-state index contributed by atoms with van der Waals surface area (Å²) in [6, 6.07) is 4.05. The number of ketones is 1. The fraction of sp³-hybridized carbons (Fsp3) is 0.200. The summed E-state index contributed by atoms with van der Waals surface area (Å²) in [5.41, 5.74) is 10.4. The zero-order chi connectivity index (χ0) is 24.8. The van der Waals surface area contributed by atoms with Gasteiger partial charge in [-0.3, -0.25) is 9.59 Å². The van der Waals surface area contributed by atoms with Gasteiger partial charge in [0, 0.05) is 35.3 Å². The minimum atomic E-state index is -10.0. The van der Waals surface area contributed by atoms with Crippen molar-refractivity contribution in [2.45, 2.75) is 18.4 Å². The lowest BCUT2D eigenvalue weighted by Crippen LogP contribution is -2.19. The number of nitrogens with two attached hydrogens (primary N) is 2. The normalized spacial score (nSPS) is 13.9. The molecule has 1 heterocycles. The van der Waals surface area contributed by atoms with Crippen LogP contribution in [0.3, 0.4) is 0 Å². The first-order valence-electron chi connectivity index (χ1n) is 9.49. The molecule has 7 nitrogen and oxygen atoms in total. The standard InChI is InChI=1S/C20H21F5N4O3S/c1-3-32-18-6-12-9-29(19(27)15(12)8-16(18)20(31)28-2)10-17(30)11-4-13(26)7-14(5-11)33(21,22,23,24)25/h4-9H,3,10,26-27H2,1-2H3,(H,28,31). The molecule has 33 heavy (non-hydrogen) atoms. The number of nitrogens with zero attached hydrogens (tertiary/aromatic N) is 1. The number of amides is 1. The van der Waals surface area contributed by atoms with Crippen LogP contribution < -0.4 is 21.5 Å². The van der Waals surface area contributed by atoms with Gasteiger partial charge in [0.15, 0.2) is 5.78 Å². The van der Waals surface area contributed by atoms with Crippen LogP contribution in [0.1, 0.15) is 27.6 Å². The minimum absolute atomic E-state index is 0.0448. The molecule has 0 fully saturated rings. The Morgan fingerprint density at radius 2 is 1.73 bits per heavy atom. The molecule has 3 rings (SSSR count). The highest BCUT2D eigenvalue weighted by molar-refractivity contribution is 8.45. The van der Waals surface area contributed by atoms with E-state index in [1.807, 2.05) is 0 Å². The lowest BCUT2D eigenvalue weighted by Gasteiger charge is -2.40. The zero-order valence-electron chi connectivity index (χ0n) is 17.5. The number of hydrogen-bond acceptors (Lipinski definition) is 5. The Kier molecular flexibility index (Phi) is 5.32. The molecule has 3 aromatic rings. The van der Waals surface area contributed by atoms with Gasteiger partial charge in [0.25, 0.3) is 5.91 Å². The van der Waals surface area contributed by atoms with Gasteiger partial charge in [-0.2, -0.15) is 0 Å². The van der Waals surface area contributed by atoms with Crippen LogP contribution in [0.5, 0.6) is 5.75 Å². The second-order valence-electron chi connectivity index (χ2n) is 7.27. The molecule has 1 aromatic heterocycles. The number of rotatable bonds is 7. The van der Waals surface area contributed by atoms with Crippen LogP contribution in [0, 0.1) is 0 Å². The molecule has 0 saturated heterocycles. The van der Waals surface area contributed by atoms with Gasteiger partial charge in [-0.05, 0) is 37.3 Å². The average Bonchev–Trinajstić information content (AvgIpc) is 2.99. The first kappa shape index (κ1) is 24.2. The van der Waals surface area contributed by atoms with E-state index in [4.69, 9.17) is 16.2 Å². The SMILES string of the molecule is CCOc1cc2cn(CC(=O)c3cc(N)cc(S(F)(F)(F)(F)F)c3)c(N)c2cc1C(=O)NC. The van der Waals surface area contributed by atoms with Crippen LogP contribution in [-0.4, -0.2) is 29.9 Å². The number of nitrogens with one attached hydrogen (secondary N) is 1. The summed E-state index contributed by atoms with van der Waals surface area (Å²) in [6.07, 6.45) is 1.44. The van der Waals surface area contributed by atoms with Crippen LogP contribution in [0.25, 0.3) is 10.8 Å². The van der Waals surface area contributed by atoms with E-state index in [1.165, 1.54) is 29.9 Å². The number of nitrogen functional groups attached to an aromatic ring is 2. The van der Waals surface area contributed by atoms with E-state index in [-0.39, 0.29) is 35.9 Å². The number of anilines is 2. The highest BCUT2D eigenvalue weighted by atomic mass is 32.5. The van der Waals surface area contributed by atoms with Crippen LogP contribution in [-0.2, 0) is 6.54 Å². The van der Waals surface area contributed by atoms with Crippen LogP contribution in [0.2, 0.25) is 0 Å². The largest absolute Gasteiger partial charge is 0.493 e. The second-order valence-corrected chi connectivity index (χ2v) is 9.68. The average molecular weight is 492 g/mol. The van der Waals surface area contributed by atoms with Crippen LogP contribution in [0.15, 0.2) is 41.4 Å². The van der Waals surface area contributed by atoms with Crippen molar-refractivity contribution < 1.29 is 33.8 Å². The molecule has 0 aliphatic rings. The van der Waals surface area contributed by atoms with Gasteiger partial charge in [0.05, 0.1) is 18.7 Å². The predicted octanol–water partition coefficient (Wildman–Crippen LogP) is 5.10. The third-order valence-electron chi connectivity index (χ3n) is 4.81. The molecule has 0 atom stereocenters. The molecule has 1 amide bonds. The highest BCUT2D eigenvalue weighted by Crippen LogP contribution is 3.02. The fourth-order valence-electron chi connectivity index (χ4n) is 3.29. The maximum Gasteiger partial charge on any atom is 0.310 e. The number of Topliss-reactive ketones (excluding diaryl/α,β-unsaturated/α-hetero) is 1. The minimum Gasteiger partial charge on any atom is -0.493 e. The van der Waals surface area contributed by atoms with Crippen molar-refractivity contribution in [2.24, 2.45) is 0 Å². The summed E-state index contributed by atoms with van der Waals surface area (Å²) >= 11 is 0. The maximum atomic E-state index is 13.2. The summed E-state index contributed by atoms with van der Waals surface area (Å²) < 4.78 is 72.7. The van der Waals surface area contributed by atoms with E-state index in [2.05, 4.69) is 5.32 Å². The summed E-state index contributed by atoms with van der Waals surface area (Å²) in [4.78, 5) is 22.6. The van der Waals surface area contributed by atoms with Crippen molar-refractivity contribution in [2.75, 3.05) is 25.1 Å². The lowest BCUT2D eigenvalue weighted by molar-refractivity contribution is 0.0955. The number of hydrogen-bond donors (Lipinski definition) is 3. The van der Waals surface area contributed by atoms with Gasteiger partial charge < -0.3 is 26.1 Å². The summed E-state index contributed by atoms with van der Waals surface area (Å²) in [6.45, 7) is 1.44. The Labute approximate surface area is 185 Å². The molecule has 0 unspecified atom stereocenters. The number of fused-ring (bicyclic) bond motifs is 1. The van der Waals surface area contributed by atoms with Gasteiger partial charge in [-0.15, -0.1) is 0 Å². The Hall–Kier alpha value is -3.48. The van der Waals surface area contributed by atoms with E-state index >= 15 is 0 Å². The van der Waals surface area contributed by atoms with E-state index in [0.29, 0.717) is 10.8 Å². The first-order valence-corrected chi connectivity index (χ1v) is 11.4. The van der Waals surface area contributed by atoms with Gasteiger partial charge in [0.2, 0.25) is 0 Å². The Morgan fingerprint density at radius 1 is 1.06 bits per heavy atom. The molecular weight excluding hydrogens is 471 g/mol. The van der Waals surface area contributed by atoms with Crippen molar-refractivity contribution in [3.8, 4) is 5.75 Å². The quantitative estimate of drug-likeness (QED) is 0.241. The number of carbonyl (C=O) groups is 2. The number of halogens is 5. The highest BCUT2D eigenvalue weighted by Gasteiger charge is 2.65. The second kappa shape index (κ2) is 7.27. The maximum absolute atomic E-state index is 13.2. The summed E-state index contributed by atoms with van der Waals surface area (Å²) in [5, 5.41) is 3.36. The fourth-order valence-corrected chi connectivity index (χ4v) is 3.99.